The topological polar surface area (TPSA) is 3.24 Å². The molecule has 0 aliphatic rings. The zero-order valence-corrected chi connectivity index (χ0v) is 11.3. The smallest absolute Gasteiger partial charge is 0.0233 e. The first kappa shape index (κ1) is 13.2. The van der Waals surface area contributed by atoms with E-state index in [1.54, 1.807) is 0 Å². The lowest BCUT2D eigenvalue weighted by Gasteiger charge is -2.21. The van der Waals surface area contributed by atoms with Crippen LogP contribution >= 0.6 is 0 Å². The largest absolute Gasteiger partial charge is 0.300 e. The molecular weight excluding hydrogens is 194 g/mol. The van der Waals surface area contributed by atoms with Gasteiger partial charge in [-0.3, -0.25) is 4.90 Å². The zero-order valence-electron chi connectivity index (χ0n) is 11.3. The molecule has 0 N–H and O–H groups in total. The summed E-state index contributed by atoms with van der Waals surface area (Å²) in [4.78, 5) is 2.42. The molecule has 89 valence electrons. The highest BCUT2D eigenvalue weighted by Crippen LogP contribution is 2.21. The minimum absolute atomic E-state index is 0.202. The standard InChI is InChI=1S/C15H24N/c1-6-16(7-2)12-13-8-10-14(11-9-13)15(3,4)5/h8-10H,6-7,12H2,1-5H3. The molecule has 0 atom stereocenters. The van der Waals surface area contributed by atoms with Gasteiger partial charge in [-0.1, -0.05) is 46.8 Å². The van der Waals surface area contributed by atoms with Gasteiger partial charge in [0.2, 0.25) is 0 Å². The second kappa shape index (κ2) is 5.49. The van der Waals surface area contributed by atoms with Gasteiger partial charge in [-0.05, 0) is 41.8 Å². The van der Waals surface area contributed by atoms with Gasteiger partial charge in [0, 0.05) is 6.54 Å². The van der Waals surface area contributed by atoms with Crippen molar-refractivity contribution in [3.8, 4) is 0 Å². The van der Waals surface area contributed by atoms with E-state index in [-0.39, 0.29) is 5.41 Å². The quantitative estimate of drug-likeness (QED) is 0.746. The number of hydrogen-bond acceptors (Lipinski definition) is 1. The molecule has 0 fully saturated rings. The summed E-state index contributed by atoms with van der Waals surface area (Å²) in [6.45, 7) is 14.3. The molecule has 0 heterocycles. The van der Waals surface area contributed by atoms with Crippen LogP contribution in [-0.2, 0) is 12.0 Å². The van der Waals surface area contributed by atoms with E-state index in [1.807, 2.05) is 0 Å². The fourth-order valence-electron chi connectivity index (χ4n) is 1.73. The molecule has 1 heteroatoms. The lowest BCUT2D eigenvalue weighted by molar-refractivity contribution is 0.296. The Bertz CT molecular complexity index is 301. The lowest BCUT2D eigenvalue weighted by Crippen LogP contribution is -2.22. The van der Waals surface area contributed by atoms with Gasteiger partial charge in [-0.25, -0.2) is 0 Å². The Morgan fingerprint density at radius 2 is 1.75 bits per heavy atom. The van der Waals surface area contributed by atoms with Crippen LogP contribution in [0.2, 0.25) is 0 Å². The molecular formula is C15H24N. The van der Waals surface area contributed by atoms with Gasteiger partial charge >= 0.3 is 0 Å². The monoisotopic (exact) mass is 218 g/mol. The molecule has 0 saturated heterocycles. The predicted molar refractivity (Wildman–Crippen MR) is 70.6 cm³/mol. The summed E-state index contributed by atoms with van der Waals surface area (Å²) in [5.74, 6) is 0. The third-order valence-electron chi connectivity index (χ3n) is 2.99. The summed E-state index contributed by atoms with van der Waals surface area (Å²) < 4.78 is 0. The van der Waals surface area contributed by atoms with Gasteiger partial charge in [0.15, 0.2) is 0 Å². The first-order valence-corrected chi connectivity index (χ1v) is 6.20. The fourth-order valence-corrected chi connectivity index (χ4v) is 1.73. The van der Waals surface area contributed by atoms with Crippen LogP contribution in [0.25, 0.3) is 0 Å². The highest BCUT2D eigenvalue weighted by Gasteiger charge is 2.13. The van der Waals surface area contributed by atoms with Crippen molar-refractivity contribution < 1.29 is 0 Å². The van der Waals surface area contributed by atoms with Crippen LogP contribution in [0.3, 0.4) is 0 Å². The second-order valence-corrected chi connectivity index (χ2v) is 5.32. The maximum Gasteiger partial charge on any atom is 0.0233 e. The Morgan fingerprint density at radius 1 is 1.12 bits per heavy atom. The van der Waals surface area contributed by atoms with Gasteiger partial charge in [0.1, 0.15) is 0 Å². The molecule has 0 aromatic heterocycles. The summed E-state index contributed by atoms with van der Waals surface area (Å²) in [7, 11) is 0. The van der Waals surface area contributed by atoms with Gasteiger partial charge < -0.3 is 0 Å². The third kappa shape index (κ3) is 3.64. The summed E-state index contributed by atoms with van der Waals surface area (Å²) in [5.41, 5.74) is 2.85. The molecule has 1 radical (unpaired) electrons. The third-order valence-corrected chi connectivity index (χ3v) is 2.99. The average Bonchev–Trinajstić information content (AvgIpc) is 2.25. The van der Waals surface area contributed by atoms with Gasteiger partial charge in [-0.2, -0.15) is 0 Å². The summed E-state index contributed by atoms with van der Waals surface area (Å²) in [6, 6.07) is 9.98. The van der Waals surface area contributed by atoms with Gasteiger partial charge in [-0.15, -0.1) is 0 Å². The molecule has 1 aromatic carbocycles. The Kier molecular flexibility index (Phi) is 4.55. The predicted octanol–water partition coefficient (Wildman–Crippen LogP) is 3.63. The number of rotatable bonds is 4. The molecule has 0 amide bonds. The van der Waals surface area contributed by atoms with Gasteiger partial charge in [0.05, 0.1) is 0 Å². The van der Waals surface area contributed by atoms with Gasteiger partial charge in [0.25, 0.3) is 0 Å². The molecule has 0 aliphatic carbocycles. The van der Waals surface area contributed by atoms with E-state index in [9.17, 15) is 0 Å². The molecule has 0 aliphatic heterocycles. The normalized spacial score (nSPS) is 12.1. The molecule has 0 saturated carbocycles. The van der Waals surface area contributed by atoms with Crippen molar-refractivity contribution in [3.63, 3.8) is 0 Å². The average molecular weight is 218 g/mol. The molecule has 16 heavy (non-hydrogen) atoms. The fraction of sp³-hybridized carbons (Fsp3) is 0.600. The molecule has 0 unspecified atom stereocenters. The van der Waals surface area contributed by atoms with Crippen LogP contribution in [0.1, 0.15) is 45.7 Å². The van der Waals surface area contributed by atoms with Crippen molar-refractivity contribution in [2.45, 2.75) is 46.6 Å². The van der Waals surface area contributed by atoms with Crippen molar-refractivity contribution in [1.82, 2.24) is 4.90 Å². The minimum Gasteiger partial charge on any atom is -0.300 e. The first-order chi connectivity index (χ1) is 7.47. The van der Waals surface area contributed by atoms with E-state index in [4.69, 9.17) is 0 Å². The molecule has 1 rings (SSSR count). The van der Waals surface area contributed by atoms with Crippen molar-refractivity contribution in [1.29, 1.82) is 0 Å². The Morgan fingerprint density at radius 3 is 2.12 bits per heavy atom. The lowest BCUT2D eigenvalue weighted by atomic mass is 9.87. The number of nitrogens with zero attached hydrogens (tertiary/aromatic N) is 1. The number of benzene rings is 1. The highest BCUT2D eigenvalue weighted by atomic mass is 15.1. The van der Waals surface area contributed by atoms with E-state index in [2.05, 4.69) is 63.8 Å². The molecule has 1 aromatic rings. The molecule has 1 nitrogen and oxygen atoms in total. The molecule has 0 spiro atoms. The number of hydrogen-bond donors (Lipinski definition) is 0. The first-order valence-electron chi connectivity index (χ1n) is 6.20. The van der Waals surface area contributed by atoms with Crippen LogP contribution < -0.4 is 0 Å². The Labute approximate surface area is 100 Å². The van der Waals surface area contributed by atoms with Crippen molar-refractivity contribution in [2.24, 2.45) is 0 Å². The van der Waals surface area contributed by atoms with Crippen LogP contribution in [0.5, 0.6) is 0 Å². The second-order valence-electron chi connectivity index (χ2n) is 5.32. The maximum atomic E-state index is 3.40. The zero-order chi connectivity index (χ0) is 12.2. The van der Waals surface area contributed by atoms with Crippen molar-refractivity contribution in [2.75, 3.05) is 13.1 Å². The van der Waals surface area contributed by atoms with Crippen LogP contribution in [0, 0.1) is 6.07 Å². The summed E-state index contributed by atoms with van der Waals surface area (Å²) in [5, 5.41) is 0. The van der Waals surface area contributed by atoms with E-state index in [0.29, 0.717) is 0 Å². The summed E-state index contributed by atoms with van der Waals surface area (Å²) >= 11 is 0. The SMILES string of the molecule is CCN(CC)Cc1c[c]c(C(C)(C)C)cc1. The summed E-state index contributed by atoms with van der Waals surface area (Å²) in [6.07, 6.45) is 0. The van der Waals surface area contributed by atoms with Crippen LogP contribution in [0.15, 0.2) is 18.2 Å². The minimum atomic E-state index is 0.202. The Hall–Kier alpha value is -0.820. The van der Waals surface area contributed by atoms with E-state index in [0.717, 1.165) is 19.6 Å². The highest BCUT2D eigenvalue weighted by molar-refractivity contribution is 5.26. The maximum absolute atomic E-state index is 3.40. The Balaban J connectivity index is 2.72. The van der Waals surface area contributed by atoms with E-state index in [1.165, 1.54) is 11.1 Å². The van der Waals surface area contributed by atoms with E-state index < -0.39 is 0 Å². The van der Waals surface area contributed by atoms with Crippen molar-refractivity contribution in [3.05, 3.63) is 35.4 Å². The van der Waals surface area contributed by atoms with Crippen LogP contribution in [0.4, 0.5) is 0 Å². The van der Waals surface area contributed by atoms with Crippen molar-refractivity contribution >= 4 is 0 Å². The van der Waals surface area contributed by atoms with Crippen LogP contribution in [-0.4, -0.2) is 18.0 Å². The molecule has 0 bridgehead atoms. The van der Waals surface area contributed by atoms with E-state index >= 15 is 0 Å².